The third-order valence-electron chi connectivity index (χ3n) is 0. The molecule has 0 saturated heterocycles. The lowest BCUT2D eigenvalue weighted by molar-refractivity contribution is 0.824. The molecule has 4 heavy (non-hydrogen) atoms. The third kappa shape index (κ3) is 1130. The summed E-state index contributed by atoms with van der Waals surface area (Å²) in [7, 11) is 0. The molecule has 0 atom stereocenters. The van der Waals surface area contributed by atoms with E-state index in [1.165, 1.54) is 6.42 Å². The minimum atomic E-state index is 0. The van der Waals surface area contributed by atoms with E-state index < -0.39 is 0 Å². The molecule has 0 aromatic rings. The maximum atomic E-state index is 2.12. The molecule has 0 rings (SSSR count). The van der Waals surface area contributed by atoms with Crippen molar-refractivity contribution in [1.82, 2.24) is 0 Å². The van der Waals surface area contributed by atoms with Crippen molar-refractivity contribution in [3.63, 3.8) is 0 Å². The standard InChI is InChI=1S/C3H8.H2O.H2/c1-3-2;;/h3H2,1-2H3;1H2;1H. The fourth-order valence-electron chi connectivity index (χ4n) is 0. The van der Waals surface area contributed by atoms with E-state index >= 15 is 0 Å². The van der Waals surface area contributed by atoms with Gasteiger partial charge in [-0.2, -0.15) is 0 Å². The second-order valence-electron chi connectivity index (χ2n) is 0.707. The topological polar surface area (TPSA) is 31.5 Å². The summed E-state index contributed by atoms with van der Waals surface area (Å²) in [6, 6.07) is 0. The minimum absolute atomic E-state index is 0. The zero-order chi connectivity index (χ0) is 2.71. The van der Waals surface area contributed by atoms with Crippen molar-refractivity contribution in [2.45, 2.75) is 20.3 Å². The fourth-order valence-corrected chi connectivity index (χ4v) is 0. The summed E-state index contributed by atoms with van der Waals surface area (Å²) in [5, 5.41) is 0. The molecule has 0 bridgehead atoms. The van der Waals surface area contributed by atoms with Crippen LogP contribution in [0.5, 0.6) is 0 Å². The molecule has 0 heterocycles. The minimum Gasteiger partial charge on any atom is -0.412 e. The van der Waals surface area contributed by atoms with Gasteiger partial charge in [0.2, 0.25) is 0 Å². The fraction of sp³-hybridized carbons (Fsp3) is 1.00. The van der Waals surface area contributed by atoms with Crippen molar-refractivity contribution >= 4 is 0 Å². The molecule has 1 heteroatoms. The first-order chi connectivity index (χ1) is 1.41. The van der Waals surface area contributed by atoms with Gasteiger partial charge >= 0.3 is 0 Å². The Bertz CT molecular complexity index is 6.85. The monoisotopic (exact) mass is 64.1 g/mol. The van der Waals surface area contributed by atoms with E-state index in [0.29, 0.717) is 0 Å². The van der Waals surface area contributed by atoms with Gasteiger partial charge in [0.05, 0.1) is 0 Å². The molecule has 0 aliphatic rings. The van der Waals surface area contributed by atoms with Gasteiger partial charge in [0.1, 0.15) is 0 Å². The quantitative estimate of drug-likeness (QED) is 0.399. The van der Waals surface area contributed by atoms with Crippen LogP contribution in [0.2, 0.25) is 0 Å². The predicted molar refractivity (Wildman–Crippen MR) is 21.7 cm³/mol. The molecule has 1 nitrogen and oxygen atoms in total. The van der Waals surface area contributed by atoms with Gasteiger partial charge in [-0.15, -0.1) is 0 Å². The Morgan fingerprint density at radius 2 is 1.50 bits per heavy atom. The van der Waals surface area contributed by atoms with Crippen LogP contribution in [0.15, 0.2) is 0 Å². The Balaban J connectivity index is -0.0000000200. The van der Waals surface area contributed by atoms with Crippen molar-refractivity contribution in [3.8, 4) is 0 Å². The normalized spacial score (nSPS) is 4.50. The van der Waals surface area contributed by atoms with E-state index in [4.69, 9.17) is 0 Å². The average molecular weight is 64.1 g/mol. The number of rotatable bonds is 0. The van der Waals surface area contributed by atoms with E-state index in [9.17, 15) is 0 Å². The predicted octanol–water partition coefficient (Wildman–Crippen LogP) is 0.838. The van der Waals surface area contributed by atoms with E-state index in [0.717, 1.165) is 0 Å². The number of hydrogen-bond acceptors (Lipinski definition) is 0. The third-order valence-corrected chi connectivity index (χ3v) is 0. The van der Waals surface area contributed by atoms with Crippen molar-refractivity contribution in [2.75, 3.05) is 0 Å². The van der Waals surface area contributed by atoms with Crippen LogP contribution >= 0.6 is 0 Å². The SMILES string of the molecule is CCC.O.[HH]. The molecule has 0 aromatic heterocycles. The van der Waals surface area contributed by atoms with Crippen LogP contribution in [-0.4, -0.2) is 5.48 Å². The lowest BCUT2D eigenvalue weighted by Crippen LogP contribution is -1.27. The summed E-state index contributed by atoms with van der Waals surface area (Å²) in [6.45, 7) is 4.25. The van der Waals surface area contributed by atoms with Gasteiger partial charge in [0, 0.05) is 1.43 Å². The average Bonchev–Trinajstić information content (AvgIpc) is 0.918. The summed E-state index contributed by atoms with van der Waals surface area (Å²) in [5.74, 6) is 0. The van der Waals surface area contributed by atoms with E-state index in [-0.39, 0.29) is 6.90 Å². The summed E-state index contributed by atoms with van der Waals surface area (Å²) in [6.07, 6.45) is 1.25. The molecule has 0 fully saturated rings. The highest BCUT2D eigenvalue weighted by Gasteiger charge is 1.35. The van der Waals surface area contributed by atoms with Gasteiger partial charge in [-0.3, -0.25) is 0 Å². The first-order valence-electron chi connectivity index (χ1n) is 1.41. The molecule has 0 aromatic carbocycles. The molecule has 0 saturated carbocycles. The summed E-state index contributed by atoms with van der Waals surface area (Å²) in [5.41, 5.74) is 0. The van der Waals surface area contributed by atoms with Crippen LogP contribution in [-0.2, 0) is 0 Å². The molecule has 0 amide bonds. The van der Waals surface area contributed by atoms with Crippen LogP contribution in [0.1, 0.15) is 21.7 Å². The molecule has 0 radical (unpaired) electrons. The van der Waals surface area contributed by atoms with Gasteiger partial charge in [-0.05, 0) is 0 Å². The molecule has 0 unspecified atom stereocenters. The van der Waals surface area contributed by atoms with Crippen molar-refractivity contribution < 1.29 is 6.90 Å². The second-order valence-corrected chi connectivity index (χ2v) is 0.707. The van der Waals surface area contributed by atoms with Gasteiger partial charge in [-0.1, -0.05) is 20.3 Å². The van der Waals surface area contributed by atoms with E-state index in [2.05, 4.69) is 13.8 Å². The second kappa shape index (κ2) is 12.3. The Morgan fingerprint density at radius 1 is 1.50 bits per heavy atom. The summed E-state index contributed by atoms with van der Waals surface area (Å²) >= 11 is 0. The van der Waals surface area contributed by atoms with Crippen LogP contribution in [0.3, 0.4) is 0 Å². The van der Waals surface area contributed by atoms with E-state index in [1.807, 2.05) is 0 Å². The molecular formula is C3H12O. The Labute approximate surface area is 28.4 Å². The van der Waals surface area contributed by atoms with Crippen LogP contribution in [0.25, 0.3) is 0 Å². The number of hydrogen-bond donors (Lipinski definition) is 0. The highest BCUT2D eigenvalue weighted by atomic mass is 16.0. The van der Waals surface area contributed by atoms with Crippen LogP contribution < -0.4 is 0 Å². The largest absolute Gasteiger partial charge is 0.412 e. The summed E-state index contributed by atoms with van der Waals surface area (Å²) in [4.78, 5) is 0. The molecule has 0 aliphatic carbocycles. The van der Waals surface area contributed by atoms with Gasteiger partial charge in [-0.25, -0.2) is 0 Å². The highest BCUT2D eigenvalue weighted by molar-refractivity contribution is 3.92. The van der Waals surface area contributed by atoms with Gasteiger partial charge in [0.25, 0.3) is 0 Å². The molecule has 0 spiro atoms. The lowest BCUT2D eigenvalue weighted by Gasteiger charge is -1.48. The van der Waals surface area contributed by atoms with Crippen LogP contribution in [0.4, 0.5) is 0 Å². The molecule has 2 N–H and O–H groups in total. The van der Waals surface area contributed by atoms with Gasteiger partial charge < -0.3 is 5.48 Å². The Hall–Kier alpha value is -0.0400. The zero-order valence-corrected chi connectivity index (χ0v) is 3.21. The van der Waals surface area contributed by atoms with Crippen molar-refractivity contribution in [1.29, 1.82) is 0 Å². The maximum absolute atomic E-state index is 2.12. The van der Waals surface area contributed by atoms with E-state index in [1.54, 1.807) is 0 Å². The van der Waals surface area contributed by atoms with Crippen molar-refractivity contribution in [2.24, 2.45) is 0 Å². The Morgan fingerprint density at radius 3 is 1.50 bits per heavy atom. The maximum Gasteiger partial charge on any atom is 0 e. The van der Waals surface area contributed by atoms with Crippen LogP contribution in [0, 0.1) is 0 Å². The smallest absolute Gasteiger partial charge is 0 e. The molecular weight excluding hydrogens is 52.0 g/mol. The van der Waals surface area contributed by atoms with Gasteiger partial charge in [0.15, 0.2) is 0 Å². The zero-order valence-electron chi connectivity index (χ0n) is 3.21. The first-order valence-corrected chi connectivity index (χ1v) is 1.41. The highest BCUT2D eigenvalue weighted by Crippen LogP contribution is 1.56. The molecule has 0 aliphatic heterocycles. The molecule has 30 valence electrons. The van der Waals surface area contributed by atoms with Crippen molar-refractivity contribution in [3.05, 3.63) is 0 Å². The summed E-state index contributed by atoms with van der Waals surface area (Å²) < 4.78 is 0. The first kappa shape index (κ1) is 9.03. The Kier molecular flexibility index (Phi) is 27.9. The lowest BCUT2D eigenvalue weighted by atomic mass is 10.6.